The third-order valence-electron chi connectivity index (χ3n) is 2.27. The number of nitrogen functional groups attached to an aromatic ring is 1. The second kappa shape index (κ2) is 2.83. The molecule has 1 fully saturated rings. The van der Waals surface area contributed by atoms with Crippen LogP contribution in [-0.2, 0) is 0 Å². The first-order valence-electron chi connectivity index (χ1n) is 4.28. The summed E-state index contributed by atoms with van der Waals surface area (Å²) in [6.07, 6.45) is 1.82. The van der Waals surface area contributed by atoms with E-state index in [0.29, 0.717) is 5.56 Å². The van der Waals surface area contributed by atoms with Crippen molar-refractivity contribution in [2.45, 2.75) is 12.8 Å². The summed E-state index contributed by atoms with van der Waals surface area (Å²) in [4.78, 5) is 11.5. The Kier molecular flexibility index (Phi) is 1.79. The van der Waals surface area contributed by atoms with Crippen LogP contribution >= 0.6 is 0 Å². The fraction of sp³-hybridized carbons (Fsp3) is 0.300. The molecule has 2 N–H and O–H groups in total. The Morgan fingerprint density at radius 1 is 1.46 bits per heavy atom. The summed E-state index contributed by atoms with van der Waals surface area (Å²) in [5, 5.41) is 0. The minimum absolute atomic E-state index is 0.0144. The second-order valence-corrected chi connectivity index (χ2v) is 3.34. The molecule has 1 aromatic rings. The SMILES string of the molecule is Nc1c(F)cccc1C(=O)C1CC1. The van der Waals surface area contributed by atoms with Gasteiger partial charge < -0.3 is 5.73 Å². The predicted octanol–water partition coefficient (Wildman–Crippen LogP) is 2.00. The summed E-state index contributed by atoms with van der Waals surface area (Å²) in [5.41, 5.74) is 5.77. The van der Waals surface area contributed by atoms with Crippen molar-refractivity contribution in [2.75, 3.05) is 5.73 Å². The number of anilines is 1. The molecule has 3 heteroatoms. The first-order valence-corrected chi connectivity index (χ1v) is 4.28. The van der Waals surface area contributed by atoms with Gasteiger partial charge in [0.2, 0.25) is 0 Å². The summed E-state index contributed by atoms with van der Waals surface area (Å²) in [5.74, 6) is -0.437. The average Bonchev–Trinajstić information content (AvgIpc) is 2.91. The van der Waals surface area contributed by atoms with E-state index in [1.54, 1.807) is 6.07 Å². The largest absolute Gasteiger partial charge is 0.396 e. The Balaban J connectivity index is 2.38. The molecule has 1 saturated carbocycles. The lowest BCUT2D eigenvalue weighted by molar-refractivity contribution is 0.0968. The number of benzene rings is 1. The van der Waals surface area contributed by atoms with Gasteiger partial charge in [0.1, 0.15) is 5.82 Å². The summed E-state index contributed by atoms with van der Waals surface area (Å²) < 4.78 is 12.9. The van der Waals surface area contributed by atoms with Gasteiger partial charge in [-0.2, -0.15) is 0 Å². The topological polar surface area (TPSA) is 43.1 Å². The maximum Gasteiger partial charge on any atom is 0.168 e. The first kappa shape index (κ1) is 8.23. The molecule has 2 nitrogen and oxygen atoms in total. The number of carbonyl (C=O) groups excluding carboxylic acids is 1. The van der Waals surface area contributed by atoms with E-state index in [9.17, 15) is 9.18 Å². The van der Waals surface area contributed by atoms with Gasteiger partial charge in [-0.25, -0.2) is 4.39 Å². The van der Waals surface area contributed by atoms with E-state index >= 15 is 0 Å². The van der Waals surface area contributed by atoms with Gasteiger partial charge in [-0.05, 0) is 25.0 Å². The Morgan fingerprint density at radius 2 is 2.15 bits per heavy atom. The minimum atomic E-state index is -0.508. The van der Waals surface area contributed by atoms with Crippen molar-refractivity contribution in [3.63, 3.8) is 0 Å². The van der Waals surface area contributed by atoms with Crippen molar-refractivity contribution < 1.29 is 9.18 Å². The van der Waals surface area contributed by atoms with Crippen molar-refractivity contribution in [3.05, 3.63) is 29.6 Å². The van der Waals surface area contributed by atoms with Crippen molar-refractivity contribution in [2.24, 2.45) is 5.92 Å². The molecule has 0 spiro atoms. The minimum Gasteiger partial charge on any atom is -0.396 e. The van der Waals surface area contributed by atoms with Crippen LogP contribution in [-0.4, -0.2) is 5.78 Å². The average molecular weight is 179 g/mol. The number of Topliss-reactive ketones (excluding diaryl/α,β-unsaturated/α-hetero) is 1. The summed E-state index contributed by atoms with van der Waals surface area (Å²) in [6, 6.07) is 4.36. The Bertz CT molecular complexity index is 358. The first-order chi connectivity index (χ1) is 6.20. The van der Waals surface area contributed by atoms with E-state index in [0.717, 1.165) is 12.8 Å². The molecule has 1 aliphatic carbocycles. The highest BCUT2D eigenvalue weighted by Gasteiger charge is 2.31. The Labute approximate surface area is 75.6 Å². The molecule has 0 unspecified atom stereocenters. The predicted molar refractivity (Wildman–Crippen MR) is 47.9 cm³/mol. The summed E-state index contributed by atoms with van der Waals surface area (Å²) >= 11 is 0. The van der Waals surface area contributed by atoms with Crippen LogP contribution in [0.4, 0.5) is 10.1 Å². The van der Waals surface area contributed by atoms with Crippen LogP contribution in [0.1, 0.15) is 23.2 Å². The monoisotopic (exact) mass is 179 g/mol. The Morgan fingerprint density at radius 3 is 2.77 bits per heavy atom. The van der Waals surface area contributed by atoms with Crippen LogP contribution in [0.5, 0.6) is 0 Å². The number of nitrogens with two attached hydrogens (primary N) is 1. The second-order valence-electron chi connectivity index (χ2n) is 3.34. The van der Waals surface area contributed by atoms with E-state index in [1.807, 2.05) is 0 Å². The standard InChI is InChI=1S/C10H10FNO/c11-8-3-1-2-7(9(8)12)10(13)6-4-5-6/h1-3,6H,4-5,12H2. The van der Waals surface area contributed by atoms with Gasteiger partial charge in [-0.1, -0.05) is 6.07 Å². The molecule has 0 aliphatic heterocycles. The molecule has 0 saturated heterocycles. The number of rotatable bonds is 2. The number of hydrogen-bond donors (Lipinski definition) is 1. The van der Waals surface area contributed by atoms with E-state index in [4.69, 9.17) is 5.73 Å². The number of carbonyl (C=O) groups is 1. The maximum absolute atomic E-state index is 12.9. The lowest BCUT2D eigenvalue weighted by atomic mass is 10.1. The van der Waals surface area contributed by atoms with Gasteiger partial charge in [0, 0.05) is 11.5 Å². The van der Waals surface area contributed by atoms with Crippen LogP contribution in [0.25, 0.3) is 0 Å². The lowest BCUT2D eigenvalue weighted by Crippen LogP contribution is -2.06. The van der Waals surface area contributed by atoms with Gasteiger partial charge in [-0.3, -0.25) is 4.79 Å². The quantitative estimate of drug-likeness (QED) is 0.557. The lowest BCUT2D eigenvalue weighted by Gasteiger charge is -2.03. The molecule has 1 aromatic carbocycles. The highest BCUT2D eigenvalue weighted by atomic mass is 19.1. The molecule has 1 aliphatic rings. The molecular formula is C10H10FNO. The molecule has 0 heterocycles. The van der Waals surface area contributed by atoms with Crippen molar-refractivity contribution in [3.8, 4) is 0 Å². The van der Waals surface area contributed by atoms with Crippen LogP contribution in [0.15, 0.2) is 18.2 Å². The molecule has 0 atom stereocenters. The van der Waals surface area contributed by atoms with Crippen LogP contribution in [0, 0.1) is 11.7 Å². The van der Waals surface area contributed by atoms with E-state index in [2.05, 4.69) is 0 Å². The zero-order valence-corrected chi connectivity index (χ0v) is 7.09. The molecule has 68 valence electrons. The van der Waals surface area contributed by atoms with Crippen LogP contribution in [0.2, 0.25) is 0 Å². The molecule has 2 rings (SSSR count). The summed E-state index contributed by atoms with van der Waals surface area (Å²) in [6.45, 7) is 0. The van der Waals surface area contributed by atoms with E-state index in [-0.39, 0.29) is 17.4 Å². The number of ketones is 1. The van der Waals surface area contributed by atoms with E-state index < -0.39 is 5.82 Å². The molecule has 0 bridgehead atoms. The van der Waals surface area contributed by atoms with E-state index in [1.165, 1.54) is 12.1 Å². The molecule has 0 radical (unpaired) electrons. The van der Waals surface area contributed by atoms with Gasteiger partial charge in [0.15, 0.2) is 5.78 Å². The highest BCUT2D eigenvalue weighted by Crippen LogP contribution is 2.34. The molecule has 13 heavy (non-hydrogen) atoms. The van der Waals surface area contributed by atoms with Gasteiger partial charge in [0.05, 0.1) is 5.69 Å². The smallest absolute Gasteiger partial charge is 0.168 e. The molecular weight excluding hydrogens is 169 g/mol. The zero-order valence-electron chi connectivity index (χ0n) is 7.09. The summed E-state index contributed by atoms with van der Waals surface area (Å²) in [7, 11) is 0. The molecule has 0 amide bonds. The fourth-order valence-electron chi connectivity index (χ4n) is 1.32. The van der Waals surface area contributed by atoms with Gasteiger partial charge in [-0.15, -0.1) is 0 Å². The number of hydrogen-bond acceptors (Lipinski definition) is 2. The van der Waals surface area contributed by atoms with Crippen molar-refractivity contribution in [1.82, 2.24) is 0 Å². The molecule has 0 aromatic heterocycles. The highest BCUT2D eigenvalue weighted by molar-refractivity contribution is 6.03. The van der Waals surface area contributed by atoms with Gasteiger partial charge in [0.25, 0.3) is 0 Å². The van der Waals surface area contributed by atoms with Crippen molar-refractivity contribution in [1.29, 1.82) is 0 Å². The maximum atomic E-state index is 12.9. The third kappa shape index (κ3) is 1.41. The third-order valence-corrected chi connectivity index (χ3v) is 2.27. The number of para-hydroxylation sites is 1. The zero-order chi connectivity index (χ0) is 9.42. The van der Waals surface area contributed by atoms with Crippen molar-refractivity contribution >= 4 is 11.5 Å². The fourth-order valence-corrected chi connectivity index (χ4v) is 1.32. The van der Waals surface area contributed by atoms with Gasteiger partial charge >= 0.3 is 0 Å². The number of halogens is 1. The Hall–Kier alpha value is -1.38. The normalized spacial score (nSPS) is 15.8. The van der Waals surface area contributed by atoms with Crippen LogP contribution < -0.4 is 5.73 Å². The van der Waals surface area contributed by atoms with Crippen LogP contribution in [0.3, 0.4) is 0 Å².